The largest absolute Gasteiger partial charge is 0.457 e. The molecule has 0 aromatic carbocycles. The van der Waals surface area contributed by atoms with E-state index in [1.807, 2.05) is 27.7 Å². The summed E-state index contributed by atoms with van der Waals surface area (Å²) in [5.74, 6) is -1.50. The highest BCUT2D eigenvalue weighted by Crippen LogP contribution is 2.44. The van der Waals surface area contributed by atoms with Crippen LogP contribution in [0.5, 0.6) is 0 Å². The Kier molecular flexibility index (Phi) is 5.92. The molecule has 2 fully saturated rings. The molecule has 1 saturated heterocycles. The third-order valence-electron chi connectivity index (χ3n) is 6.23. The molecule has 0 bridgehead atoms. The first-order valence-electron chi connectivity index (χ1n) is 9.34. The van der Waals surface area contributed by atoms with Crippen LogP contribution in [-0.2, 0) is 18.9 Å². The van der Waals surface area contributed by atoms with E-state index in [0.29, 0.717) is 19.2 Å². The lowest BCUT2D eigenvalue weighted by Crippen LogP contribution is -2.55. The van der Waals surface area contributed by atoms with Crippen molar-refractivity contribution in [3.05, 3.63) is 10.1 Å². The molecule has 0 radical (unpaired) electrons. The maximum atomic E-state index is 12.1. The smallest absolute Gasteiger partial charge is 0.403 e. The lowest BCUT2D eigenvalue weighted by atomic mass is 9.77. The van der Waals surface area contributed by atoms with Gasteiger partial charge >= 0.3 is 7.12 Å². The van der Waals surface area contributed by atoms with Gasteiger partial charge in [0.2, 0.25) is 18.4 Å². The minimum atomic E-state index is -1.23. The predicted molar refractivity (Wildman–Crippen MR) is 99.3 cm³/mol. The number of hydrogen-bond acceptors (Lipinski definition) is 6. The highest BCUT2D eigenvalue weighted by molar-refractivity contribution is 6.45. The molecule has 1 aliphatic carbocycles. The second kappa shape index (κ2) is 7.39. The van der Waals surface area contributed by atoms with Crippen molar-refractivity contribution in [2.24, 2.45) is 17.6 Å². The molecule has 0 unspecified atom stereocenters. The number of rotatable bonds is 7. The first-order valence-corrected chi connectivity index (χ1v) is 9.34. The molecule has 3 atom stereocenters. The van der Waals surface area contributed by atoms with Crippen molar-refractivity contribution >= 4 is 18.9 Å². The Bertz CT molecular complexity index is 610. The molecule has 1 aliphatic heterocycles. The highest BCUT2D eigenvalue weighted by Gasteiger charge is 2.53. The Morgan fingerprint density at radius 1 is 1.19 bits per heavy atom. The lowest BCUT2D eigenvalue weighted by Gasteiger charge is -2.32. The second-order valence-electron chi connectivity index (χ2n) is 8.83. The maximum absolute atomic E-state index is 12.1. The Balaban J connectivity index is 2.10. The van der Waals surface area contributed by atoms with Gasteiger partial charge in [0, 0.05) is 17.8 Å². The topological polar surface area (TPSA) is 134 Å². The average Bonchev–Trinajstić information content (AvgIpc) is 2.90. The third kappa shape index (κ3) is 4.60. The van der Waals surface area contributed by atoms with Crippen LogP contribution in [0.4, 0.5) is 0 Å². The number of hydrogen-bond donors (Lipinski definition) is 2. The molecule has 9 nitrogen and oxygen atoms in total. The summed E-state index contributed by atoms with van der Waals surface area (Å²) in [6, 6.07) is 0. The number of carbonyl (C=O) groups is 2. The van der Waals surface area contributed by atoms with Gasteiger partial charge in [-0.05, 0) is 52.8 Å². The molecule has 2 amide bonds. The summed E-state index contributed by atoms with van der Waals surface area (Å²) in [6.45, 7) is 8.91. The summed E-state index contributed by atoms with van der Waals surface area (Å²) in [5.41, 5.74) is 3.44. The van der Waals surface area contributed by atoms with Crippen LogP contribution in [0.3, 0.4) is 0 Å². The normalized spacial score (nSPS) is 31.7. The van der Waals surface area contributed by atoms with Gasteiger partial charge in [0.15, 0.2) is 0 Å². The molecule has 0 aromatic heterocycles. The first kappa shape index (κ1) is 21.6. The van der Waals surface area contributed by atoms with Gasteiger partial charge in [-0.25, -0.2) is 0 Å². The minimum absolute atomic E-state index is 0.131. The molecule has 27 heavy (non-hydrogen) atoms. The molecule has 2 rings (SSSR count). The van der Waals surface area contributed by atoms with E-state index in [-0.39, 0.29) is 35.6 Å². The summed E-state index contributed by atoms with van der Waals surface area (Å²) in [5, 5.41) is 13.7. The fourth-order valence-corrected chi connectivity index (χ4v) is 4.19. The molecule has 1 saturated carbocycles. The van der Waals surface area contributed by atoms with Gasteiger partial charge < -0.3 is 20.4 Å². The Labute approximate surface area is 160 Å². The molecule has 1 heterocycles. The summed E-state index contributed by atoms with van der Waals surface area (Å²) < 4.78 is 12.0. The van der Waals surface area contributed by atoms with Crippen LogP contribution in [0.1, 0.15) is 53.9 Å². The zero-order valence-corrected chi connectivity index (χ0v) is 16.7. The van der Waals surface area contributed by atoms with Crippen LogP contribution in [-0.4, -0.2) is 47.1 Å². The van der Waals surface area contributed by atoms with Crippen molar-refractivity contribution in [2.45, 2.75) is 76.9 Å². The van der Waals surface area contributed by atoms with Gasteiger partial charge in [0.1, 0.15) is 5.54 Å². The third-order valence-corrected chi connectivity index (χ3v) is 6.23. The number of nitro groups is 1. The van der Waals surface area contributed by atoms with Gasteiger partial charge in [-0.2, -0.15) is 0 Å². The molecule has 2 aliphatic rings. The van der Waals surface area contributed by atoms with Crippen molar-refractivity contribution in [1.82, 2.24) is 5.32 Å². The summed E-state index contributed by atoms with van der Waals surface area (Å²) in [6.07, 6.45) is 1.61. The van der Waals surface area contributed by atoms with Crippen molar-refractivity contribution in [3.8, 4) is 0 Å². The van der Waals surface area contributed by atoms with E-state index < -0.39 is 29.8 Å². The molecular weight excluding hydrogens is 353 g/mol. The van der Waals surface area contributed by atoms with Crippen LogP contribution in [0.2, 0.25) is 6.32 Å². The number of primary amides is 1. The quantitative estimate of drug-likeness (QED) is 0.385. The van der Waals surface area contributed by atoms with E-state index >= 15 is 0 Å². The molecule has 152 valence electrons. The average molecular weight is 383 g/mol. The Morgan fingerprint density at radius 2 is 1.70 bits per heavy atom. The summed E-state index contributed by atoms with van der Waals surface area (Å²) in [7, 11) is -0.407. The van der Waals surface area contributed by atoms with Crippen molar-refractivity contribution in [2.75, 3.05) is 6.54 Å². The Hall–Kier alpha value is -1.68. The van der Waals surface area contributed by atoms with Crippen molar-refractivity contribution < 1.29 is 23.8 Å². The number of nitrogens with two attached hydrogens (primary N) is 1. The van der Waals surface area contributed by atoms with E-state index in [9.17, 15) is 19.7 Å². The molecule has 0 spiro atoms. The van der Waals surface area contributed by atoms with E-state index in [2.05, 4.69) is 5.32 Å². The standard InChI is InChI=1S/C17H30BN3O6/c1-11(22)20-17(14(19)23)8-12(13(9-17)10-21(24)25)6-7-18-26-15(2,3)16(4,5)27-18/h12-13H,6-10H2,1-5H3,(H2,19,23)(H,20,22)/t12-,13+,17-/m0/s1. The van der Waals surface area contributed by atoms with Gasteiger partial charge in [-0.1, -0.05) is 6.42 Å². The van der Waals surface area contributed by atoms with E-state index in [1.165, 1.54) is 6.92 Å². The first-order chi connectivity index (χ1) is 12.3. The number of carbonyl (C=O) groups excluding carboxylic acids is 2. The van der Waals surface area contributed by atoms with Crippen molar-refractivity contribution in [3.63, 3.8) is 0 Å². The van der Waals surface area contributed by atoms with Gasteiger partial charge in [-0.15, -0.1) is 0 Å². The molecule has 10 heteroatoms. The van der Waals surface area contributed by atoms with Crippen LogP contribution in [0.25, 0.3) is 0 Å². The number of nitrogens with one attached hydrogen (secondary N) is 1. The monoisotopic (exact) mass is 383 g/mol. The van der Waals surface area contributed by atoms with Crippen LogP contribution in [0, 0.1) is 22.0 Å². The van der Waals surface area contributed by atoms with Gasteiger partial charge in [-0.3, -0.25) is 19.7 Å². The fraction of sp³-hybridized carbons (Fsp3) is 0.882. The van der Waals surface area contributed by atoms with E-state index in [0.717, 1.165) is 0 Å². The Morgan fingerprint density at radius 3 is 2.15 bits per heavy atom. The lowest BCUT2D eigenvalue weighted by molar-refractivity contribution is -0.489. The van der Waals surface area contributed by atoms with Crippen LogP contribution >= 0.6 is 0 Å². The van der Waals surface area contributed by atoms with Crippen LogP contribution < -0.4 is 11.1 Å². The maximum Gasteiger partial charge on any atom is 0.457 e. The number of amides is 2. The second-order valence-corrected chi connectivity index (χ2v) is 8.83. The zero-order chi connectivity index (χ0) is 20.6. The van der Waals surface area contributed by atoms with Gasteiger partial charge in [0.05, 0.1) is 11.2 Å². The fourth-order valence-electron chi connectivity index (χ4n) is 4.19. The summed E-state index contributed by atoms with van der Waals surface area (Å²) >= 11 is 0. The minimum Gasteiger partial charge on any atom is -0.403 e. The molecule has 0 aromatic rings. The van der Waals surface area contributed by atoms with Crippen LogP contribution in [0.15, 0.2) is 0 Å². The van der Waals surface area contributed by atoms with Gasteiger partial charge in [0.25, 0.3) is 0 Å². The molecule has 3 N–H and O–H groups in total. The summed E-state index contributed by atoms with van der Waals surface area (Å²) in [4.78, 5) is 34.3. The molecular formula is C17H30BN3O6. The van der Waals surface area contributed by atoms with E-state index in [4.69, 9.17) is 15.0 Å². The van der Waals surface area contributed by atoms with Crippen molar-refractivity contribution in [1.29, 1.82) is 0 Å². The highest BCUT2D eigenvalue weighted by atomic mass is 16.7. The predicted octanol–water partition coefficient (Wildman–Crippen LogP) is 1.13. The zero-order valence-electron chi connectivity index (χ0n) is 16.7. The number of nitrogens with zero attached hydrogens (tertiary/aromatic N) is 1. The van der Waals surface area contributed by atoms with E-state index in [1.54, 1.807) is 0 Å². The SMILES string of the molecule is CC(=O)N[C@@]1(C(N)=O)C[C@H](CCB2OC(C)(C)C(C)(C)O2)[C@@H](C[N+](=O)[O-])C1.